The van der Waals surface area contributed by atoms with Gasteiger partial charge in [-0.15, -0.1) is 0 Å². The Bertz CT molecular complexity index is 987. The third kappa shape index (κ3) is 4.03. The normalized spacial score (nSPS) is 10.7. The van der Waals surface area contributed by atoms with E-state index in [2.05, 4.69) is 10.3 Å². The number of hydrogen-bond donors (Lipinski definition) is 1. The van der Waals surface area contributed by atoms with E-state index in [0.29, 0.717) is 30.7 Å². The Kier molecular flexibility index (Phi) is 5.53. The van der Waals surface area contributed by atoms with Crippen molar-refractivity contribution in [2.45, 2.75) is 6.42 Å². The summed E-state index contributed by atoms with van der Waals surface area (Å²) < 4.78 is 5.17. The van der Waals surface area contributed by atoms with Gasteiger partial charge in [-0.3, -0.25) is 4.79 Å². The molecule has 0 aliphatic carbocycles. The molecule has 0 unspecified atom stereocenters. The predicted octanol–water partition coefficient (Wildman–Crippen LogP) is 3.42. The second-order valence-electron chi connectivity index (χ2n) is 5.82. The molecule has 0 atom stereocenters. The SMILES string of the molecule is CN(CCCNc1cc(=O)oc2ccccc12)C(=O)c1cccnc1Cl. The zero-order valence-corrected chi connectivity index (χ0v) is 15.0. The van der Waals surface area contributed by atoms with Crippen LogP contribution in [0.3, 0.4) is 0 Å². The Labute approximate surface area is 155 Å². The summed E-state index contributed by atoms with van der Waals surface area (Å²) >= 11 is 5.97. The smallest absolute Gasteiger partial charge is 0.338 e. The summed E-state index contributed by atoms with van der Waals surface area (Å²) in [4.78, 5) is 29.5. The molecule has 7 heteroatoms. The maximum Gasteiger partial charge on any atom is 0.338 e. The highest BCUT2D eigenvalue weighted by atomic mass is 35.5. The predicted molar refractivity (Wildman–Crippen MR) is 102 cm³/mol. The number of aromatic nitrogens is 1. The largest absolute Gasteiger partial charge is 0.423 e. The molecule has 1 amide bonds. The molecule has 1 N–H and O–H groups in total. The molecule has 3 aromatic rings. The second kappa shape index (κ2) is 8.01. The van der Waals surface area contributed by atoms with Crippen LogP contribution in [0.2, 0.25) is 5.15 Å². The van der Waals surface area contributed by atoms with Crippen LogP contribution >= 0.6 is 11.6 Å². The number of halogens is 1. The Morgan fingerprint density at radius 2 is 2.08 bits per heavy atom. The van der Waals surface area contributed by atoms with Crippen molar-refractivity contribution in [3.8, 4) is 0 Å². The molecule has 6 nitrogen and oxygen atoms in total. The highest BCUT2D eigenvalue weighted by molar-refractivity contribution is 6.32. The van der Waals surface area contributed by atoms with Crippen molar-refractivity contribution >= 4 is 34.2 Å². The molecule has 0 saturated carbocycles. The number of hydrogen-bond acceptors (Lipinski definition) is 5. The molecule has 2 aromatic heterocycles. The Balaban J connectivity index is 1.58. The number of carbonyl (C=O) groups is 1. The summed E-state index contributed by atoms with van der Waals surface area (Å²) in [5.74, 6) is -0.172. The van der Waals surface area contributed by atoms with Crippen LogP contribution in [0.15, 0.2) is 57.9 Å². The van der Waals surface area contributed by atoms with E-state index in [1.54, 1.807) is 36.3 Å². The van der Waals surface area contributed by atoms with Crippen LogP contribution < -0.4 is 10.9 Å². The van der Waals surface area contributed by atoms with Gasteiger partial charge in [-0.05, 0) is 30.7 Å². The van der Waals surface area contributed by atoms with E-state index in [4.69, 9.17) is 16.0 Å². The number of benzene rings is 1. The molecule has 0 bridgehead atoms. The molecule has 0 fully saturated rings. The number of nitrogens with one attached hydrogen (secondary N) is 1. The molecule has 1 aromatic carbocycles. The highest BCUT2D eigenvalue weighted by Gasteiger charge is 2.15. The van der Waals surface area contributed by atoms with Crippen LogP contribution in [0.5, 0.6) is 0 Å². The number of amides is 1. The van der Waals surface area contributed by atoms with Gasteiger partial charge in [0.15, 0.2) is 0 Å². The third-order valence-corrected chi connectivity index (χ3v) is 4.27. The van der Waals surface area contributed by atoms with Gasteiger partial charge in [0, 0.05) is 37.8 Å². The van der Waals surface area contributed by atoms with Crippen molar-refractivity contribution < 1.29 is 9.21 Å². The van der Waals surface area contributed by atoms with Crippen LogP contribution in [0, 0.1) is 0 Å². The fourth-order valence-corrected chi connectivity index (χ4v) is 2.85. The van der Waals surface area contributed by atoms with E-state index < -0.39 is 5.63 Å². The first-order chi connectivity index (χ1) is 12.6. The van der Waals surface area contributed by atoms with Crippen molar-refractivity contribution in [1.29, 1.82) is 0 Å². The number of carbonyl (C=O) groups excluding carboxylic acids is 1. The van der Waals surface area contributed by atoms with E-state index in [-0.39, 0.29) is 11.1 Å². The first-order valence-corrected chi connectivity index (χ1v) is 8.57. The molecule has 134 valence electrons. The Hall–Kier alpha value is -2.86. The number of para-hydroxylation sites is 1. The Morgan fingerprint density at radius 3 is 2.88 bits per heavy atom. The molecule has 0 radical (unpaired) electrons. The fraction of sp³-hybridized carbons (Fsp3) is 0.211. The maximum atomic E-state index is 12.4. The summed E-state index contributed by atoms with van der Waals surface area (Å²) in [6.45, 7) is 1.14. The quantitative estimate of drug-likeness (QED) is 0.408. The van der Waals surface area contributed by atoms with Crippen LogP contribution in [0.1, 0.15) is 16.8 Å². The van der Waals surface area contributed by atoms with Gasteiger partial charge in [0.25, 0.3) is 5.91 Å². The van der Waals surface area contributed by atoms with Crippen molar-refractivity contribution in [2.75, 3.05) is 25.5 Å². The lowest BCUT2D eigenvalue weighted by Crippen LogP contribution is -2.29. The van der Waals surface area contributed by atoms with Crippen LogP contribution in [0.25, 0.3) is 11.0 Å². The summed E-state index contributed by atoms with van der Waals surface area (Å²) in [7, 11) is 1.72. The number of rotatable bonds is 6. The summed E-state index contributed by atoms with van der Waals surface area (Å²) in [5.41, 5.74) is 1.25. The molecule has 3 rings (SSSR count). The van der Waals surface area contributed by atoms with Crippen molar-refractivity contribution in [2.24, 2.45) is 0 Å². The lowest BCUT2D eigenvalue weighted by Gasteiger charge is -2.18. The van der Waals surface area contributed by atoms with Gasteiger partial charge in [-0.25, -0.2) is 9.78 Å². The fourth-order valence-electron chi connectivity index (χ4n) is 2.65. The van der Waals surface area contributed by atoms with Gasteiger partial charge in [-0.2, -0.15) is 0 Å². The summed E-state index contributed by atoms with van der Waals surface area (Å²) in [5, 5.41) is 4.28. The monoisotopic (exact) mass is 371 g/mol. The summed E-state index contributed by atoms with van der Waals surface area (Å²) in [6, 6.07) is 12.1. The molecule has 2 heterocycles. The molecule has 0 saturated heterocycles. The van der Waals surface area contributed by atoms with E-state index in [0.717, 1.165) is 11.1 Å². The van der Waals surface area contributed by atoms with Crippen LogP contribution in [-0.4, -0.2) is 35.9 Å². The minimum Gasteiger partial charge on any atom is -0.423 e. The van der Waals surface area contributed by atoms with E-state index in [1.807, 2.05) is 18.2 Å². The van der Waals surface area contributed by atoms with Crippen molar-refractivity contribution in [3.05, 3.63) is 69.8 Å². The standard InChI is InChI=1S/C19H18ClN3O3/c1-23(19(25)14-7-4-9-22-18(14)20)11-5-10-21-15-12-17(24)26-16-8-3-2-6-13(15)16/h2-4,6-9,12,21H,5,10-11H2,1H3. The number of anilines is 1. The molecule has 26 heavy (non-hydrogen) atoms. The van der Waals surface area contributed by atoms with E-state index in [1.165, 1.54) is 6.07 Å². The maximum absolute atomic E-state index is 12.4. The lowest BCUT2D eigenvalue weighted by atomic mass is 10.2. The average Bonchev–Trinajstić information content (AvgIpc) is 2.64. The molecular weight excluding hydrogens is 354 g/mol. The highest BCUT2D eigenvalue weighted by Crippen LogP contribution is 2.21. The zero-order valence-electron chi connectivity index (χ0n) is 14.2. The first-order valence-electron chi connectivity index (χ1n) is 8.19. The second-order valence-corrected chi connectivity index (χ2v) is 6.18. The van der Waals surface area contributed by atoms with Gasteiger partial charge in [0.1, 0.15) is 10.7 Å². The first kappa shape index (κ1) is 17.9. The van der Waals surface area contributed by atoms with Gasteiger partial charge in [0.2, 0.25) is 0 Å². The average molecular weight is 372 g/mol. The number of nitrogens with zero attached hydrogens (tertiary/aromatic N) is 2. The van der Waals surface area contributed by atoms with Crippen LogP contribution in [-0.2, 0) is 0 Å². The molecular formula is C19H18ClN3O3. The van der Waals surface area contributed by atoms with Gasteiger partial charge in [-0.1, -0.05) is 23.7 Å². The minimum absolute atomic E-state index is 0.172. The van der Waals surface area contributed by atoms with Gasteiger partial charge >= 0.3 is 5.63 Å². The van der Waals surface area contributed by atoms with Crippen molar-refractivity contribution in [1.82, 2.24) is 9.88 Å². The van der Waals surface area contributed by atoms with E-state index >= 15 is 0 Å². The minimum atomic E-state index is -0.398. The summed E-state index contributed by atoms with van der Waals surface area (Å²) in [6.07, 6.45) is 2.25. The van der Waals surface area contributed by atoms with Gasteiger partial charge < -0.3 is 14.6 Å². The molecule has 0 aliphatic rings. The van der Waals surface area contributed by atoms with Crippen molar-refractivity contribution in [3.63, 3.8) is 0 Å². The zero-order chi connectivity index (χ0) is 18.5. The van der Waals surface area contributed by atoms with Gasteiger partial charge in [0.05, 0.1) is 11.3 Å². The Morgan fingerprint density at radius 1 is 1.27 bits per heavy atom. The van der Waals surface area contributed by atoms with Crippen LogP contribution in [0.4, 0.5) is 5.69 Å². The third-order valence-electron chi connectivity index (χ3n) is 3.97. The van der Waals surface area contributed by atoms with E-state index in [9.17, 15) is 9.59 Å². The number of fused-ring (bicyclic) bond motifs is 1. The molecule has 0 aliphatic heterocycles. The topological polar surface area (TPSA) is 75.4 Å². The number of pyridine rings is 1. The molecule has 0 spiro atoms. The lowest BCUT2D eigenvalue weighted by molar-refractivity contribution is 0.0794.